The van der Waals surface area contributed by atoms with Crippen LogP contribution in [-0.2, 0) is 14.6 Å². The van der Waals surface area contributed by atoms with Crippen molar-refractivity contribution in [2.24, 2.45) is 0 Å². The highest BCUT2D eigenvalue weighted by Crippen LogP contribution is 2.28. The van der Waals surface area contributed by atoms with Crippen LogP contribution in [0.3, 0.4) is 0 Å². The van der Waals surface area contributed by atoms with Gasteiger partial charge in [-0.1, -0.05) is 18.7 Å². The lowest BCUT2D eigenvalue weighted by atomic mass is 10.2. The molecule has 0 saturated heterocycles. The summed E-state index contributed by atoms with van der Waals surface area (Å²) in [5.74, 6) is -0.533. The smallest absolute Gasteiger partial charge is 0.225 e. The second-order valence-corrected chi connectivity index (χ2v) is 6.96. The number of nitrogens with one attached hydrogen (secondary N) is 1. The minimum atomic E-state index is -3.33. The van der Waals surface area contributed by atoms with Crippen LogP contribution in [0.15, 0.2) is 41.6 Å². The number of carbonyl (C=O) groups is 1. The molecule has 0 bridgehead atoms. The van der Waals surface area contributed by atoms with E-state index in [0.717, 1.165) is 15.5 Å². The minimum absolute atomic E-state index is 0.0733. The van der Waals surface area contributed by atoms with Gasteiger partial charge in [0.1, 0.15) is 0 Å². The molecule has 0 spiro atoms. The molecule has 0 aliphatic rings. The zero-order chi connectivity index (χ0) is 13.9. The van der Waals surface area contributed by atoms with Crippen LogP contribution in [0.25, 0.3) is 10.1 Å². The fourth-order valence-corrected chi connectivity index (χ4v) is 3.13. The Bertz CT molecular complexity index is 716. The van der Waals surface area contributed by atoms with Crippen molar-refractivity contribution in [3.05, 3.63) is 41.6 Å². The second kappa shape index (κ2) is 5.54. The Balaban J connectivity index is 2.07. The van der Waals surface area contributed by atoms with Crippen LogP contribution < -0.4 is 5.32 Å². The highest BCUT2D eigenvalue weighted by Gasteiger charge is 2.11. The highest BCUT2D eigenvalue weighted by atomic mass is 32.2. The van der Waals surface area contributed by atoms with Crippen molar-refractivity contribution >= 4 is 42.9 Å². The maximum Gasteiger partial charge on any atom is 0.225 e. The van der Waals surface area contributed by atoms with Gasteiger partial charge in [0.2, 0.25) is 5.91 Å². The van der Waals surface area contributed by atoms with Gasteiger partial charge in [0.15, 0.2) is 9.84 Å². The van der Waals surface area contributed by atoms with E-state index in [9.17, 15) is 13.2 Å². The Morgan fingerprint density at radius 3 is 2.89 bits per heavy atom. The van der Waals surface area contributed by atoms with Crippen molar-refractivity contribution in [2.45, 2.75) is 6.42 Å². The molecular formula is C13H13NO3S2. The van der Waals surface area contributed by atoms with E-state index in [1.54, 1.807) is 6.07 Å². The van der Waals surface area contributed by atoms with Gasteiger partial charge >= 0.3 is 0 Å². The predicted octanol–water partition coefficient (Wildman–Crippen LogP) is 2.79. The molecule has 1 heterocycles. The Labute approximate surface area is 115 Å². The molecule has 1 N–H and O–H groups in total. The van der Waals surface area contributed by atoms with E-state index in [1.807, 2.05) is 23.6 Å². The van der Waals surface area contributed by atoms with Crippen LogP contribution in [0, 0.1) is 0 Å². The third-order valence-electron chi connectivity index (χ3n) is 2.62. The maximum atomic E-state index is 11.7. The van der Waals surface area contributed by atoms with Crippen LogP contribution in [0.2, 0.25) is 0 Å². The summed E-state index contributed by atoms with van der Waals surface area (Å²) in [5, 5.41) is 6.62. The number of fused-ring (bicyclic) bond motifs is 1. The normalized spacial score (nSPS) is 11.4. The van der Waals surface area contributed by atoms with Crippen molar-refractivity contribution in [3.8, 4) is 0 Å². The first-order chi connectivity index (χ1) is 9.02. The molecule has 100 valence electrons. The summed E-state index contributed by atoms with van der Waals surface area (Å²) in [6, 6.07) is 7.59. The van der Waals surface area contributed by atoms with E-state index in [1.165, 1.54) is 11.3 Å². The molecule has 2 rings (SSSR count). The molecule has 1 amide bonds. The lowest BCUT2D eigenvalue weighted by molar-refractivity contribution is -0.115. The minimum Gasteiger partial charge on any atom is -0.325 e. The largest absolute Gasteiger partial charge is 0.325 e. The lowest BCUT2D eigenvalue weighted by Crippen LogP contribution is -2.16. The average molecular weight is 295 g/mol. The summed E-state index contributed by atoms with van der Waals surface area (Å²) in [6.07, 6.45) is -0.0733. The number of benzene rings is 1. The molecule has 0 aliphatic carbocycles. The Morgan fingerprint density at radius 1 is 1.37 bits per heavy atom. The molecular weight excluding hydrogens is 282 g/mol. The third-order valence-corrected chi connectivity index (χ3v) is 4.87. The zero-order valence-electron chi connectivity index (χ0n) is 10.1. The van der Waals surface area contributed by atoms with E-state index in [2.05, 4.69) is 11.9 Å². The van der Waals surface area contributed by atoms with Crippen molar-refractivity contribution < 1.29 is 13.2 Å². The first-order valence-corrected chi connectivity index (χ1v) is 8.22. The lowest BCUT2D eigenvalue weighted by Gasteiger charge is -2.06. The first-order valence-electron chi connectivity index (χ1n) is 5.63. The van der Waals surface area contributed by atoms with Crippen molar-refractivity contribution in [3.63, 3.8) is 0 Å². The van der Waals surface area contributed by atoms with E-state index in [0.29, 0.717) is 5.69 Å². The first kappa shape index (κ1) is 13.8. The monoisotopic (exact) mass is 295 g/mol. The molecule has 0 saturated carbocycles. The third kappa shape index (κ3) is 3.42. The van der Waals surface area contributed by atoms with Gasteiger partial charge in [-0.2, -0.15) is 0 Å². The molecule has 4 nitrogen and oxygen atoms in total. The molecule has 0 atom stereocenters. The second-order valence-electron chi connectivity index (χ2n) is 3.98. The van der Waals surface area contributed by atoms with Gasteiger partial charge in [0.25, 0.3) is 0 Å². The maximum absolute atomic E-state index is 11.7. The summed E-state index contributed by atoms with van der Waals surface area (Å²) in [7, 11) is -3.33. The topological polar surface area (TPSA) is 63.2 Å². The number of amides is 1. The average Bonchev–Trinajstić information content (AvgIpc) is 2.86. The van der Waals surface area contributed by atoms with Gasteiger partial charge in [-0.25, -0.2) is 8.42 Å². The summed E-state index contributed by atoms with van der Waals surface area (Å²) in [6.45, 7) is 3.21. The standard InChI is InChI=1S/C13H13NO3S2/c1-2-19(16,17)9-7-12(15)14-11-5-3-4-10-6-8-18-13(10)11/h2-6,8H,1,7,9H2,(H,14,15). The Morgan fingerprint density at radius 2 is 2.16 bits per heavy atom. The molecule has 6 heteroatoms. The van der Waals surface area contributed by atoms with E-state index in [-0.39, 0.29) is 18.1 Å². The number of anilines is 1. The van der Waals surface area contributed by atoms with E-state index in [4.69, 9.17) is 0 Å². The molecule has 0 fully saturated rings. The fraction of sp³-hybridized carbons (Fsp3) is 0.154. The predicted molar refractivity (Wildman–Crippen MR) is 79.1 cm³/mol. The van der Waals surface area contributed by atoms with Crippen LogP contribution in [-0.4, -0.2) is 20.1 Å². The van der Waals surface area contributed by atoms with Crippen LogP contribution >= 0.6 is 11.3 Å². The van der Waals surface area contributed by atoms with Crippen LogP contribution in [0.5, 0.6) is 0 Å². The molecule has 0 radical (unpaired) electrons. The van der Waals surface area contributed by atoms with Gasteiger partial charge < -0.3 is 5.32 Å². The Hall–Kier alpha value is -1.66. The number of sulfone groups is 1. The number of carbonyl (C=O) groups excluding carboxylic acids is 1. The SMILES string of the molecule is C=CS(=O)(=O)CCC(=O)Nc1cccc2ccsc12. The number of thiophene rings is 1. The highest BCUT2D eigenvalue weighted by molar-refractivity contribution is 7.94. The quantitative estimate of drug-likeness (QED) is 0.922. The van der Waals surface area contributed by atoms with E-state index >= 15 is 0 Å². The van der Waals surface area contributed by atoms with E-state index < -0.39 is 9.84 Å². The van der Waals surface area contributed by atoms with Gasteiger partial charge in [-0.3, -0.25) is 4.79 Å². The summed E-state index contributed by atoms with van der Waals surface area (Å²) < 4.78 is 23.5. The molecule has 0 aliphatic heterocycles. The summed E-state index contributed by atoms with van der Waals surface area (Å²) >= 11 is 1.53. The number of rotatable bonds is 5. The van der Waals surface area contributed by atoms with Gasteiger partial charge in [0, 0.05) is 11.8 Å². The number of hydrogen-bond acceptors (Lipinski definition) is 4. The fourth-order valence-electron chi connectivity index (χ4n) is 1.62. The molecule has 2 aromatic rings. The molecule has 1 aromatic heterocycles. The van der Waals surface area contributed by atoms with Crippen LogP contribution in [0.4, 0.5) is 5.69 Å². The molecule has 0 unspecified atom stereocenters. The van der Waals surface area contributed by atoms with Crippen molar-refractivity contribution in [1.29, 1.82) is 0 Å². The van der Waals surface area contributed by atoms with Crippen molar-refractivity contribution in [1.82, 2.24) is 0 Å². The van der Waals surface area contributed by atoms with Gasteiger partial charge in [-0.15, -0.1) is 11.3 Å². The Kier molecular flexibility index (Phi) is 4.01. The van der Waals surface area contributed by atoms with Gasteiger partial charge in [-0.05, 0) is 22.9 Å². The molecule has 19 heavy (non-hydrogen) atoms. The summed E-state index contributed by atoms with van der Waals surface area (Å²) in [5.41, 5.74) is 0.716. The van der Waals surface area contributed by atoms with Crippen LogP contribution in [0.1, 0.15) is 6.42 Å². The van der Waals surface area contributed by atoms with Gasteiger partial charge in [0.05, 0.1) is 16.1 Å². The summed E-state index contributed by atoms with van der Waals surface area (Å²) in [4.78, 5) is 11.7. The molecule has 1 aromatic carbocycles. The zero-order valence-corrected chi connectivity index (χ0v) is 11.8. The van der Waals surface area contributed by atoms with Crippen molar-refractivity contribution in [2.75, 3.05) is 11.1 Å². The number of hydrogen-bond donors (Lipinski definition) is 1.